The minimum atomic E-state index is -0.189. The van der Waals surface area contributed by atoms with E-state index in [0.29, 0.717) is 29.3 Å². The molecule has 0 aliphatic heterocycles. The second-order valence-corrected chi connectivity index (χ2v) is 11.3. The maximum Gasteiger partial charge on any atom is 0.226 e. The van der Waals surface area contributed by atoms with E-state index in [9.17, 15) is 4.79 Å². The van der Waals surface area contributed by atoms with Crippen LogP contribution in [0.1, 0.15) is 90.9 Å². The number of nitrogens with two attached hydrogens (primary N) is 1. The summed E-state index contributed by atoms with van der Waals surface area (Å²) in [7, 11) is 0. The lowest BCUT2D eigenvalue weighted by molar-refractivity contribution is -0.171. The molecule has 0 heterocycles. The molecule has 3 heteroatoms. The van der Waals surface area contributed by atoms with Crippen molar-refractivity contribution in [3.8, 4) is 0 Å². The zero-order valence-electron chi connectivity index (χ0n) is 19.2. The third-order valence-electron chi connectivity index (χ3n) is 8.84. The van der Waals surface area contributed by atoms with Crippen LogP contribution >= 0.6 is 0 Å². The average molecular weight is 411 g/mol. The molecule has 0 aromatic heterocycles. The van der Waals surface area contributed by atoms with Gasteiger partial charge >= 0.3 is 0 Å². The number of carbonyl (C=O) groups excluding carboxylic acids is 1. The van der Waals surface area contributed by atoms with E-state index in [1.807, 2.05) is 6.92 Å². The Labute approximate surface area is 183 Å². The summed E-state index contributed by atoms with van der Waals surface area (Å²) in [5.74, 6) is 1.02. The van der Waals surface area contributed by atoms with E-state index in [1.165, 1.54) is 37.7 Å². The molecule has 5 aliphatic rings. The Morgan fingerprint density at radius 2 is 1.77 bits per heavy atom. The summed E-state index contributed by atoms with van der Waals surface area (Å²) in [6.45, 7) is 8.91. The van der Waals surface area contributed by atoms with Gasteiger partial charge in [-0.2, -0.15) is 0 Å². The van der Waals surface area contributed by atoms with E-state index in [-0.39, 0.29) is 10.8 Å². The highest BCUT2D eigenvalue weighted by Crippen LogP contribution is 2.72. The van der Waals surface area contributed by atoms with Crippen LogP contribution in [0.25, 0.3) is 0 Å². The third-order valence-corrected chi connectivity index (χ3v) is 8.84. The van der Waals surface area contributed by atoms with Gasteiger partial charge in [0.05, 0.1) is 5.41 Å². The van der Waals surface area contributed by atoms with Crippen molar-refractivity contribution in [2.45, 2.75) is 103 Å². The van der Waals surface area contributed by atoms with Crippen molar-refractivity contribution in [2.75, 3.05) is 0 Å². The fourth-order valence-electron chi connectivity index (χ4n) is 8.12. The highest BCUT2D eigenvalue weighted by molar-refractivity contribution is 5.84. The summed E-state index contributed by atoms with van der Waals surface area (Å²) in [5.41, 5.74) is 7.60. The highest BCUT2D eigenvalue weighted by atomic mass is 16.2. The van der Waals surface area contributed by atoms with Crippen molar-refractivity contribution in [2.24, 2.45) is 27.9 Å². The van der Waals surface area contributed by atoms with Crippen molar-refractivity contribution in [3.05, 3.63) is 36.5 Å². The first-order chi connectivity index (χ1) is 14.3. The monoisotopic (exact) mass is 410 g/mol. The van der Waals surface area contributed by atoms with Crippen molar-refractivity contribution in [3.63, 3.8) is 0 Å². The second-order valence-electron chi connectivity index (χ2n) is 11.3. The predicted molar refractivity (Wildman–Crippen MR) is 125 cm³/mol. The Morgan fingerprint density at radius 1 is 1.07 bits per heavy atom. The smallest absolute Gasteiger partial charge is 0.226 e. The number of hydrogen-bond donors (Lipinski definition) is 2. The molecule has 3 N–H and O–H groups in total. The molecular weight excluding hydrogens is 368 g/mol. The first kappa shape index (κ1) is 21.9. The molecule has 166 valence electrons. The van der Waals surface area contributed by atoms with E-state index in [1.54, 1.807) is 0 Å². The molecule has 4 bridgehead atoms. The van der Waals surface area contributed by atoms with Crippen LogP contribution in [0.2, 0.25) is 0 Å². The summed E-state index contributed by atoms with van der Waals surface area (Å²) in [6.07, 6.45) is 22.1. The fraction of sp³-hybridized carbons (Fsp3) is 0.741. The molecule has 0 saturated heterocycles. The summed E-state index contributed by atoms with van der Waals surface area (Å²) < 4.78 is 0. The highest BCUT2D eigenvalue weighted by Gasteiger charge is 2.65. The molecule has 3 nitrogen and oxygen atoms in total. The molecule has 5 fully saturated rings. The molecule has 5 rings (SSSR count). The lowest BCUT2D eigenvalue weighted by atomic mass is 9.37. The number of carbonyl (C=O) groups is 1. The average Bonchev–Trinajstić information content (AvgIpc) is 2.69. The molecule has 1 amide bonds. The summed E-state index contributed by atoms with van der Waals surface area (Å²) in [4.78, 5) is 13.8. The van der Waals surface area contributed by atoms with E-state index in [2.05, 4.69) is 43.1 Å². The fourth-order valence-corrected chi connectivity index (χ4v) is 8.12. The van der Waals surface area contributed by atoms with Crippen LogP contribution in [-0.2, 0) is 4.79 Å². The number of hydrogen-bond acceptors (Lipinski definition) is 2. The molecule has 5 saturated carbocycles. The van der Waals surface area contributed by atoms with Gasteiger partial charge in [0.2, 0.25) is 5.91 Å². The van der Waals surface area contributed by atoms with Gasteiger partial charge in [0.25, 0.3) is 0 Å². The Hall–Kier alpha value is -1.35. The number of nitrogens with one attached hydrogen (secondary N) is 1. The second kappa shape index (κ2) is 8.30. The quantitative estimate of drug-likeness (QED) is 0.520. The number of rotatable bonds is 7. The number of allylic oxidation sites excluding steroid dienone is 5. The molecular formula is C27H42N2O. The zero-order chi connectivity index (χ0) is 21.4. The van der Waals surface area contributed by atoms with Gasteiger partial charge in [-0.1, -0.05) is 44.2 Å². The summed E-state index contributed by atoms with van der Waals surface area (Å²) in [6, 6.07) is 0.641. The van der Waals surface area contributed by atoms with Crippen LogP contribution in [0.3, 0.4) is 0 Å². The van der Waals surface area contributed by atoms with Gasteiger partial charge in [0, 0.05) is 12.1 Å². The van der Waals surface area contributed by atoms with Crippen molar-refractivity contribution in [1.82, 2.24) is 5.32 Å². The topological polar surface area (TPSA) is 55.1 Å². The number of amides is 1. The third kappa shape index (κ3) is 3.95. The normalized spacial score (nSPS) is 42.8. The summed E-state index contributed by atoms with van der Waals surface area (Å²) in [5, 5.41) is 3.51. The lowest BCUT2D eigenvalue weighted by Gasteiger charge is -2.66. The van der Waals surface area contributed by atoms with E-state index in [4.69, 9.17) is 5.73 Å². The van der Waals surface area contributed by atoms with Gasteiger partial charge in [-0.15, -0.1) is 0 Å². The maximum absolute atomic E-state index is 13.8. The van der Waals surface area contributed by atoms with Gasteiger partial charge in [0.15, 0.2) is 0 Å². The molecule has 0 spiro atoms. The van der Waals surface area contributed by atoms with Crippen molar-refractivity contribution in [1.29, 1.82) is 0 Å². The van der Waals surface area contributed by atoms with E-state index >= 15 is 0 Å². The SMILES string of the molecule is C=C(/C=C\C=C/C)[C@]12CC3CC(C(=O)NC4CCC(N)CC4)(C[C@](CCC)(C3)C1)C2. The van der Waals surface area contributed by atoms with Gasteiger partial charge in [0.1, 0.15) is 0 Å². The van der Waals surface area contributed by atoms with Gasteiger partial charge in [-0.3, -0.25) is 4.79 Å². The van der Waals surface area contributed by atoms with Gasteiger partial charge < -0.3 is 11.1 Å². The van der Waals surface area contributed by atoms with Crippen LogP contribution in [0, 0.1) is 22.2 Å². The van der Waals surface area contributed by atoms with Crippen LogP contribution in [0.5, 0.6) is 0 Å². The van der Waals surface area contributed by atoms with Crippen LogP contribution in [-0.4, -0.2) is 18.0 Å². The molecule has 4 atom stereocenters. The Bertz CT molecular complexity index is 731. The predicted octanol–water partition coefficient (Wildman–Crippen LogP) is 5.82. The Kier molecular flexibility index (Phi) is 6.05. The van der Waals surface area contributed by atoms with Crippen LogP contribution in [0.15, 0.2) is 36.5 Å². The van der Waals surface area contributed by atoms with Gasteiger partial charge in [-0.05, 0) is 99.9 Å². The van der Waals surface area contributed by atoms with Crippen molar-refractivity contribution >= 4 is 5.91 Å². The largest absolute Gasteiger partial charge is 0.353 e. The van der Waals surface area contributed by atoms with E-state index < -0.39 is 0 Å². The molecule has 0 radical (unpaired) electrons. The Morgan fingerprint density at radius 3 is 2.47 bits per heavy atom. The molecule has 5 aliphatic carbocycles. The molecule has 2 unspecified atom stereocenters. The van der Waals surface area contributed by atoms with E-state index in [0.717, 1.165) is 44.9 Å². The maximum atomic E-state index is 13.8. The standard InChI is InChI=1S/C27H42N2O/c1-4-6-7-8-20(3)26-15-21-14-25(17-26,13-5-2)18-27(16-21,19-26)24(30)29-23-11-9-22(28)10-12-23/h4,6-8,21-23H,3,5,9-19,28H2,1-2H3,(H,29,30)/b6-4-,8-7-/t21?,22?,23?,25-,26-,27?/m1/s1. The minimum absolute atomic E-state index is 0.110. The first-order valence-corrected chi connectivity index (χ1v) is 12.4. The van der Waals surface area contributed by atoms with Crippen molar-refractivity contribution < 1.29 is 4.79 Å². The first-order valence-electron chi connectivity index (χ1n) is 12.4. The van der Waals surface area contributed by atoms with Gasteiger partial charge in [-0.25, -0.2) is 0 Å². The minimum Gasteiger partial charge on any atom is -0.353 e. The van der Waals surface area contributed by atoms with Crippen LogP contribution in [0.4, 0.5) is 0 Å². The lowest BCUT2D eigenvalue weighted by Crippen LogP contribution is -2.62. The summed E-state index contributed by atoms with van der Waals surface area (Å²) >= 11 is 0. The molecule has 30 heavy (non-hydrogen) atoms. The molecule has 0 aromatic carbocycles. The zero-order valence-corrected chi connectivity index (χ0v) is 19.2. The molecule has 0 aromatic rings. The Balaban J connectivity index is 1.60. The van der Waals surface area contributed by atoms with Crippen LogP contribution < -0.4 is 11.1 Å².